The maximum absolute atomic E-state index is 8.90. The van der Waals surface area contributed by atoms with E-state index in [1.165, 1.54) is 0 Å². The van der Waals surface area contributed by atoms with Crippen LogP contribution in [0.5, 0.6) is 11.6 Å². The third kappa shape index (κ3) is 2.66. The number of ether oxygens (including phenoxy) is 1. The van der Waals surface area contributed by atoms with Crippen LogP contribution in [0.25, 0.3) is 0 Å². The number of nitrogen functional groups attached to an aromatic ring is 1. The molecule has 0 radical (unpaired) electrons. The van der Waals surface area contributed by atoms with Gasteiger partial charge in [-0.2, -0.15) is 5.26 Å². The molecule has 0 unspecified atom stereocenters. The molecule has 2 aromatic rings. The monoisotopic (exact) mass is 253 g/mol. The van der Waals surface area contributed by atoms with Crippen LogP contribution in [0.2, 0.25) is 0 Å². The van der Waals surface area contributed by atoms with E-state index in [0.717, 1.165) is 22.4 Å². The van der Waals surface area contributed by atoms with E-state index in [2.05, 4.69) is 11.1 Å². The SMILES string of the molecule is Cc1cc(C)c(C)c(Oc2ccc(N)c(C#N)n2)c1. The van der Waals surface area contributed by atoms with Gasteiger partial charge in [-0.25, -0.2) is 4.98 Å². The van der Waals surface area contributed by atoms with Crippen molar-refractivity contribution < 1.29 is 4.74 Å². The first-order valence-electron chi connectivity index (χ1n) is 5.93. The minimum atomic E-state index is 0.180. The highest BCUT2D eigenvalue weighted by Gasteiger charge is 2.08. The third-order valence-corrected chi connectivity index (χ3v) is 2.99. The molecular formula is C15H15N3O. The van der Waals surface area contributed by atoms with E-state index in [0.29, 0.717) is 11.6 Å². The highest BCUT2D eigenvalue weighted by molar-refractivity contribution is 5.51. The first kappa shape index (κ1) is 12.9. The summed E-state index contributed by atoms with van der Waals surface area (Å²) in [5, 5.41) is 8.90. The van der Waals surface area contributed by atoms with E-state index < -0.39 is 0 Å². The van der Waals surface area contributed by atoms with Gasteiger partial charge < -0.3 is 10.5 Å². The molecular weight excluding hydrogens is 238 g/mol. The van der Waals surface area contributed by atoms with Gasteiger partial charge in [0.2, 0.25) is 5.88 Å². The fourth-order valence-corrected chi connectivity index (χ4v) is 1.82. The Bertz CT molecular complexity index is 672. The van der Waals surface area contributed by atoms with Crippen molar-refractivity contribution in [2.75, 3.05) is 5.73 Å². The van der Waals surface area contributed by atoms with Crippen LogP contribution in [0.15, 0.2) is 24.3 Å². The maximum atomic E-state index is 8.90. The van der Waals surface area contributed by atoms with Crippen LogP contribution in [0.1, 0.15) is 22.4 Å². The fraction of sp³-hybridized carbons (Fsp3) is 0.200. The number of benzene rings is 1. The number of aromatic nitrogens is 1. The van der Waals surface area contributed by atoms with E-state index in [9.17, 15) is 0 Å². The zero-order chi connectivity index (χ0) is 14.0. The minimum absolute atomic E-state index is 0.180. The van der Waals surface area contributed by atoms with Crippen LogP contribution in [-0.4, -0.2) is 4.98 Å². The normalized spacial score (nSPS) is 10.0. The van der Waals surface area contributed by atoms with E-state index in [4.69, 9.17) is 15.7 Å². The van der Waals surface area contributed by atoms with Crippen molar-refractivity contribution in [2.24, 2.45) is 0 Å². The van der Waals surface area contributed by atoms with Crippen LogP contribution in [0, 0.1) is 32.1 Å². The zero-order valence-corrected chi connectivity index (χ0v) is 11.2. The Morgan fingerprint density at radius 2 is 1.95 bits per heavy atom. The predicted octanol–water partition coefficient (Wildman–Crippen LogP) is 3.25. The molecule has 0 saturated carbocycles. The number of hydrogen-bond donors (Lipinski definition) is 1. The lowest BCUT2D eigenvalue weighted by atomic mass is 10.1. The lowest BCUT2D eigenvalue weighted by Crippen LogP contribution is -1.97. The number of hydrogen-bond acceptors (Lipinski definition) is 4. The number of nitriles is 1. The second-order valence-corrected chi connectivity index (χ2v) is 4.51. The molecule has 0 aliphatic carbocycles. The van der Waals surface area contributed by atoms with Gasteiger partial charge in [-0.1, -0.05) is 6.07 Å². The molecule has 2 rings (SSSR count). The number of aryl methyl sites for hydroxylation is 2. The van der Waals surface area contributed by atoms with Gasteiger partial charge in [0.1, 0.15) is 11.8 Å². The molecule has 0 fully saturated rings. The number of anilines is 1. The lowest BCUT2D eigenvalue weighted by molar-refractivity contribution is 0.458. The summed E-state index contributed by atoms with van der Waals surface area (Å²) in [7, 11) is 0. The molecule has 96 valence electrons. The van der Waals surface area contributed by atoms with Crippen LogP contribution in [0.3, 0.4) is 0 Å². The van der Waals surface area contributed by atoms with Gasteiger partial charge in [0.15, 0.2) is 5.69 Å². The number of nitrogens with zero attached hydrogens (tertiary/aromatic N) is 2. The van der Waals surface area contributed by atoms with Crippen molar-refractivity contribution in [3.63, 3.8) is 0 Å². The standard InChI is InChI=1S/C15H15N3O/c1-9-6-10(2)11(3)14(7-9)19-15-5-4-12(17)13(8-16)18-15/h4-7H,17H2,1-3H3. The molecule has 2 N–H and O–H groups in total. The van der Waals surface area contributed by atoms with Crippen molar-refractivity contribution in [1.82, 2.24) is 4.98 Å². The van der Waals surface area contributed by atoms with Crippen LogP contribution in [-0.2, 0) is 0 Å². The Morgan fingerprint density at radius 3 is 2.63 bits per heavy atom. The maximum Gasteiger partial charge on any atom is 0.220 e. The van der Waals surface area contributed by atoms with Gasteiger partial charge in [0.05, 0.1) is 5.69 Å². The average Bonchev–Trinajstić information content (AvgIpc) is 2.37. The molecule has 1 aromatic carbocycles. The highest BCUT2D eigenvalue weighted by atomic mass is 16.5. The van der Waals surface area contributed by atoms with E-state index in [1.54, 1.807) is 12.1 Å². The molecule has 0 aliphatic heterocycles. The Kier molecular flexibility index (Phi) is 3.39. The van der Waals surface area contributed by atoms with E-state index in [1.807, 2.05) is 32.9 Å². The Labute approximate surface area is 112 Å². The summed E-state index contributed by atoms with van der Waals surface area (Å²) in [6.45, 7) is 6.04. The Morgan fingerprint density at radius 1 is 1.21 bits per heavy atom. The summed E-state index contributed by atoms with van der Waals surface area (Å²) in [6, 6.07) is 9.27. The van der Waals surface area contributed by atoms with Gasteiger partial charge in [-0.3, -0.25) is 0 Å². The summed E-state index contributed by atoms with van der Waals surface area (Å²) in [5.74, 6) is 1.12. The van der Waals surface area contributed by atoms with Gasteiger partial charge in [0.25, 0.3) is 0 Å². The van der Waals surface area contributed by atoms with E-state index in [-0.39, 0.29) is 5.69 Å². The van der Waals surface area contributed by atoms with Crippen LogP contribution in [0.4, 0.5) is 5.69 Å². The smallest absolute Gasteiger partial charge is 0.220 e. The molecule has 1 aromatic heterocycles. The summed E-state index contributed by atoms with van der Waals surface area (Å²) in [5.41, 5.74) is 9.50. The van der Waals surface area contributed by atoms with E-state index >= 15 is 0 Å². The minimum Gasteiger partial charge on any atom is -0.439 e. The predicted molar refractivity (Wildman–Crippen MR) is 74.1 cm³/mol. The largest absolute Gasteiger partial charge is 0.439 e. The molecule has 0 atom stereocenters. The fourth-order valence-electron chi connectivity index (χ4n) is 1.82. The first-order valence-corrected chi connectivity index (χ1v) is 5.93. The van der Waals surface area contributed by atoms with Crippen molar-refractivity contribution >= 4 is 5.69 Å². The second-order valence-electron chi connectivity index (χ2n) is 4.51. The third-order valence-electron chi connectivity index (χ3n) is 2.99. The van der Waals surface area contributed by atoms with Crippen LogP contribution >= 0.6 is 0 Å². The van der Waals surface area contributed by atoms with Crippen molar-refractivity contribution in [3.05, 3.63) is 46.6 Å². The highest BCUT2D eigenvalue weighted by Crippen LogP contribution is 2.28. The number of pyridine rings is 1. The van der Waals surface area contributed by atoms with Crippen molar-refractivity contribution in [2.45, 2.75) is 20.8 Å². The molecule has 0 amide bonds. The molecule has 0 aliphatic rings. The van der Waals surface area contributed by atoms with Gasteiger partial charge in [-0.05, 0) is 49.6 Å². The Hall–Kier alpha value is -2.54. The van der Waals surface area contributed by atoms with Crippen molar-refractivity contribution in [3.8, 4) is 17.7 Å². The molecule has 1 heterocycles. The number of rotatable bonds is 2. The molecule has 4 nitrogen and oxygen atoms in total. The molecule has 0 bridgehead atoms. The number of nitrogens with two attached hydrogens (primary N) is 1. The first-order chi connectivity index (χ1) is 9.01. The molecule has 0 saturated heterocycles. The van der Waals surface area contributed by atoms with Crippen LogP contribution < -0.4 is 10.5 Å². The topological polar surface area (TPSA) is 71.9 Å². The summed E-state index contributed by atoms with van der Waals surface area (Å²) in [6.07, 6.45) is 0. The summed E-state index contributed by atoms with van der Waals surface area (Å²) in [4.78, 5) is 4.08. The van der Waals surface area contributed by atoms with Crippen molar-refractivity contribution in [1.29, 1.82) is 5.26 Å². The van der Waals surface area contributed by atoms with Gasteiger partial charge in [-0.15, -0.1) is 0 Å². The molecule has 4 heteroatoms. The molecule has 0 spiro atoms. The average molecular weight is 253 g/mol. The second kappa shape index (κ2) is 4.99. The summed E-state index contributed by atoms with van der Waals surface area (Å²) >= 11 is 0. The zero-order valence-electron chi connectivity index (χ0n) is 11.2. The molecule has 19 heavy (non-hydrogen) atoms. The lowest BCUT2D eigenvalue weighted by Gasteiger charge is -2.11. The van der Waals surface area contributed by atoms with Gasteiger partial charge in [0, 0.05) is 6.07 Å². The van der Waals surface area contributed by atoms with Gasteiger partial charge >= 0.3 is 0 Å². The Balaban J connectivity index is 2.39. The summed E-state index contributed by atoms with van der Waals surface area (Å²) < 4.78 is 5.75. The quantitative estimate of drug-likeness (QED) is 0.891.